The van der Waals surface area contributed by atoms with Crippen LogP contribution < -0.4 is 10.6 Å². The van der Waals surface area contributed by atoms with Gasteiger partial charge >= 0.3 is 0 Å². The molecule has 1 saturated heterocycles. The maximum atomic E-state index is 13.8. The molecule has 2 fully saturated rings. The summed E-state index contributed by atoms with van der Waals surface area (Å²) in [5.74, 6) is 0.591. The summed E-state index contributed by atoms with van der Waals surface area (Å²) in [4.78, 5) is 0. The van der Waals surface area contributed by atoms with Gasteiger partial charge in [0.15, 0.2) is 0 Å². The summed E-state index contributed by atoms with van der Waals surface area (Å²) < 4.78 is 14.8. The highest BCUT2D eigenvalue weighted by molar-refractivity contribution is 9.10. The van der Waals surface area contributed by atoms with Gasteiger partial charge in [-0.15, -0.1) is 0 Å². The van der Waals surface area contributed by atoms with Crippen LogP contribution in [0.15, 0.2) is 22.7 Å². The minimum atomic E-state index is -0.114. The fourth-order valence-corrected chi connectivity index (χ4v) is 4.30. The van der Waals surface area contributed by atoms with Gasteiger partial charge in [-0.3, -0.25) is 0 Å². The van der Waals surface area contributed by atoms with Crippen LogP contribution >= 0.6 is 15.9 Å². The Labute approximate surface area is 135 Å². The van der Waals surface area contributed by atoms with Crippen LogP contribution in [0.1, 0.15) is 44.1 Å². The van der Waals surface area contributed by atoms with Crippen LogP contribution in [0.2, 0.25) is 0 Å². The number of hydrogen-bond donors (Lipinski definition) is 2. The lowest BCUT2D eigenvalue weighted by Gasteiger charge is -2.36. The Morgan fingerprint density at radius 2 is 2.05 bits per heavy atom. The van der Waals surface area contributed by atoms with Crippen molar-refractivity contribution in [3.05, 3.63) is 34.1 Å². The molecule has 2 aliphatic rings. The molecule has 3 atom stereocenters. The van der Waals surface area contributed by atoms with Crippen LogP contribution in [0.3, 0.4) is 0 Å². The first-order valence-electron chi connectivity index (χ1n) is 8.15. The fourth-order valence-electron chi connectivity index (χ4n) is 3.89. The Bertz CT molecular complexity index is 474. The maximum absolute atomic E-state index is 13.8. The molecule has 1 aromatic carbocycles. The van der Waals surface area contributed by atoms with Gasteiger partial charge in [-0.2, -0.15) is 0 Å². The average molecular weight is 355 g/mol. The lowest BCUT2D eigenvalue weighted by atomic mass is 9.79. The topological polar surface area (TPSA) is 24.1 Å². The molecule has 2 N–H and O–H groups in total. The van der Waals surface area contributed by atoms with Crippen LogP contribution in [-0.2, 0) is 6.54 Å². The number of rotatable bonds is 4. The zero-order chi connectivity index (χ0) is 14.7. The summed E-state index contributed by atoms with van der Waals surface area (Å²) in [6, 6.07) is 6.36. The monoisotopic (exact) mass is 354 g/mol. The highest BCUT2D eigenvalue weighted by atomic mass is 79.9. The zero-order valence-corrected chi connectivity index (χ0v) is 14.0. The smallest absolute Gasteiger partial charge is 0.127 e. The lowest BCUT2D eigenvalue weighted by molar-refractivity contribution is 0.213. The molecule has 2 nitrogen and oxygen atoms in total. The second-order valence-corrected chi connectivity index (χ2v) is 7.29. The van der Waals surface area contributed by atoms with Crippen molar-refractivity contribution < 1.29 is 4.39 Å². The van der Waals surface area contributed by atoms with E-state index >= 15 is 0 Å². The van der Waals surface area contributed by atoms with E-state index in [1.807, 2.05) is 6.07 Å². The molecule has 0 radical (unpaired) electrons. The Kier molecular flexibility index (Phi) is 5.30. The molecule has 4 heteroatoms. The van der Waals surface area contributed by atoms with Gasteiger partial charge in [-0.1, -0.05) is 28.8 Å². The van der Waals surface area contributed by atoms with Crippen molar-refractivity contribution in [1.82, 2.24) is 10.6 Å². The average Bonchev–Trinajstić information content (AvgIpc) is 3.03. The van der Waals surface area contributed by atoms with E-state index in [1.54, 1.807) is 6.07 Å². The summed E-state index contributed by atoms with van der Waals surface area (Å²) in [7, 11) is 0. The van der Waals surface area contributed by atoms with Crippen LogP contribution in [0.25, 0.3) is 0 Å². The molecule has 0 amide bonds. The first kappa shape index (κ1) is 15.4. The summed E-state index contributed by atoms with van der Waals surface area (Å²) in [5.41, 5.74) is 0.757. The SMILES string of the molecule is Fc1ccc(Br)cc1CNC1CCCCC1C1CCCN1. The van der Waals surface area contributed by atoms with Crippen molar-refractivity contribution in [3.8, 4) is 0 Å². The number of nitrogens with one attached hydrogen (secondary N) is 2. The molecule has 1 saturated carbocycles. The summed E-state index contributed by atoms with van der Waals surface area (Å²) in [6.07, 6.45) is 7.76. The fraction of sp³-hybridized carbons (Fsp3) is 0.647. The third kappa shape index (κ3) is 3.85. The van der Waals surface area contributed by atoms with Gasteiger partial charge in [0, 0.05) is 28.7 Å². The van der Waals surface area contributed by atoms with Gasteiger partial charge in [0.1, 0.15) is 5.82 Å². The van der Waals surface area contributed by atoms with Crippen LogP contribution in [0, 0.1) is 11.7 Å². The Hall–Kier alpha value is -0.450. The van der Waals surface area contributed by atoms with E-state index in [0.29, 0.717) is 24.5 Å². The second kappa shape index (κ2) is 7.21. The molecule has 0 aromatic heterocycles. The zero-order valence-electron chi connectivity index (χ0n) is 12.4. The van der Waals surface area contributed by atoms with Crippen LogP contribution in [0.4, 0.5) is 4.39 Å². The van der Waals surface area contributed by atoms with Crippen molar-refractivity contribution in [3.63, 3.8) is 0 Å². The standard InChI is InChI=1S/C17H24BrFN2/c18-13-7-8-15(19)12(10-13)11-21-17-5-2-1-4-14(17)16-6-3-9-20-16/h7-8,10,14,16-17,20-21H,1-6,9,11H2. The van der Waals surface area contributed by atoms with Crippen molar-refractivity contribution in [1.29, 1.82) is 0 Å². The van der Waals surface area contributed by atoms with Gasteiger partial charge in [0.25, 0.3) is 0 Å². The predicted octanol–water partition coefficient (Wildman–Crippen LogP) is 3.99. The highest BCUT2D eigenvalue weighted by Crippen LogP contribution is 2.31. The Morgan fingerprint density at radius 3 is 2.86 bits per heavy atom. The molecule has 1 aliphatic carbocycles. The largest absolute Gasteiger partial charge is 0.314 e. The minimum absolute atomic E-state index is 0.114. The Balaban J connectivity index is 1.63. The normalized spacial score (nSPS) is 29.7. The molecular formula is C17H24BrFN2. The van der Waals surface area contributed by atoms with Gasteiger partial charge in [-0.05, 0) is 56.3 Å². The van der Waals surface area contributed by atoms with E-state index in [2.05, 4.69) is 26.6 Å². The molecule has 1 aliphatic heterocycles. The third-order valence-corrected chi connectivity index (χ3v) is 5.49. The Morgan fingerprint density at radius 1 is 1.19 bits per heavy atom. The molecule has 0 spiro atoms. The van der Waals surface area contributed by atoms with E-state index in [-0.39, 0.29) is 5.82 Å². The predicted molar refractivity (Wildman–Crippen MR) is 87.7 cm³/mol. The molecule has 3 unspecified atom stereocenters. The minimum Gasteiger partial charge on any atom is -0.314 e. The lowest BCUT2D eigenvalue weighted by Crippen LogP contribution is -2.46. The number of hydrogen-bond acceptors (Lipinski definition) is 2. The van der Waals surface area contributed by atoms with Gasteiger partial charge < -0.3 is 10.6 Å². The number of benzene rings is 1. The molecule has 21 heavy (non-hydrogen) atoms. The van der Waals surface area contributed by atoms with Crippen molar-refractivity contribution >= 4 is 15.9 Å². The highest BCUT2D eigenvalue weighted by Gasteiger charge is 2.32. The molecular weight excluding hydrogens is 331 g/mol. The van der Waals surface area contributed by atoms with Crippen molar-refractivity contribution in [2.24, 2.45) is 5.92 Å². The summed E-state index contributed by atoms with van der Waals surface area (Å²) in [5, 5.41) is 7.29. The van der Waals surface area contributed by atoms with Crippen molar-refractivity contribution in [2.45, 2.75) is 57.2 Å². The summed E-state index contributed by atoms with van der Waals surface area (Å²) in [6.45, 7) is 1.79. The van der Waals surface area contributed by atoms with Gasteiger partial charge in [0.05, 0.1) is 0 Å². The van der Waals surface area contributed by atoms with Gasteiger partial charge in [-0.25, -0.2) is 4.39 Å². The van der Waals surface area contributed by atoms with E-state index in [9.17, 15) is 4.39 Å². The van der Waals surface area contributed by atoms with Crippen LogP contribution in [0.5, 0.6) is 0 Å². The molecule has 116 valence electrons. The van der Waals surface area contributed by atoms with E-state index < -0.39 is 0 Å². The third-order valence-electron chi connectivity index (χ3n) is 5.00. The first-order chi connectivity index (χ1) is 10.2. The molecule has 0 bridgehead atoms. The molecule has 1 heterocycles. The first-order valence-corrected chi connectivity index (χ1v) is 8.94. The van der Waals surface area contributed by atoms with Crippen molar-refractivity contribution in [2.75, 3.05) is 6.54 Å². The quantitative estimate of drug-likeness (QED) is 0.854. The molecule has 1 aromatic rings. The maximum Gasteiger partial charge on any atom is 0.127 e. The van der Waals surface area contributed by atoms with E-state index in [1.165, 1.54) is 44.6 Å². The van der Waals surface area contributed by atoms with E-state index in [0.717, 1.165) is 16.6 Å². The number of halogens is 2. The second-order valence-electron chi connectivity index (χ2n) is 6.37. The summed E-state index contributed by atoms with van der Waals surface area (Å²) >= 11 is 3.42. The van der Waals surface area contributed by atoms with Crippen LogP contribution in [-0.4, -0.2) is 18.6 Å². The molecule has 3 rings (SSSR count). The van der Waals surface area contributed by atoms with E-state index in [4.69, 9.17) is 0 Å². The van der Waals surface area contributed by atoms with Gasteiger partial charge in [0.2, 0.25) is 0 Å².